The van der Waals surface area contributed by atoms with Gasteiger partial charge < -0.3 is 19.3 Å². The van der Waals surface area contributed by atoms with Gasteiger partial charge in [-0.1, -0.05) is 54.1 Å². The number of halogens is 1. The van der Waals surface area contributed by atoms with Gasteiger partial charge in [0.25, 0.3) is 5.91 Å². The molecule has 0 N–H and O–H groups in total. The van der Waals surface area contributed by atoms with Gasteiger partial charge in [-0.3, -0.25) is 9.59 Å². The first-order valence-electron chi connectivity index (χ1n) is 12.7. The molecule has 3 heterocycles. The average molecular weight is 513 g/mol. The van der Waals surface area contributed by atoms with Gasteiger partial charge >= 0.3 is 0 Å². The molecule has 4 aromatic rings. The Labute approximate surface area is 221 Å². The van der Waals surface area contributed by atoms with Crippen molar-refractivity contribution in [3.63, 3.8) is 0 Å². The highest BCUT2D eigenvalue weighted by molar-refractivity contribution is 6.30. The highest BCUT2D eigenvalue weighted by Crippen LogP contribution is 2.43. The molecule has 0 bridgehead atoms. The lowest BCUT2D eigenvalue weighted by atomic mass is 9.97. The van der Waals surface area contributed by atoms with Crippen molar-refractivity contribution in [2.24, 2.45) is 7.05 Å². The molecule has 0 spiro atoms. The van der Waals surface area contributed by atoms with Crippen molar-refractivity contribution in [1.29, 1.82) is 0 Å². The number of para-hydroxylation sites is 1. The SMILES string of the molecule is CC(C(=O)N1CCN(c2cccc(Cl)c2)CC1)N1C(=O)c2ccccc2C1c1cn(C)c2ccccc12. The van der Waals surface area contributed by atoms with Crippen LogP contribution in [0.1, 0.15) is 34.5 Å². The number of piperazine rings is 1. The van der Waals surface area contributed by atoms with Gasteiger partial charge in [-0.2, -0.15) is 0 Å². The molecule has 2 unspecified atom stereocenters. The Morgan fingerprint density at radius 2 is 1.65 bits per heavy atom. The molecular weight excluding hydrogens is 484 g/mol. The van der Waals surface area contributed by atoms with Crippen molar-refractivity contribution in [2.75, 3.05) is 31.1 Å². The third kappa shape index (κ3) is 3.96. The molecule has 1 aromatic heterocycles. The summed E-state index contributed by atoms with van der Waals surface area (Å²) in [4.78, 5) is 33.5. The number of nitrogens with zero attached hydrogens (tertiary/aromatic N) is 4. The van der Waals surface area contributed by atoms with Crippen molar-refractivity contribution in [2.45, 2.75) is 19.0 Å². The standard InChI is InChI=1S/C30H29ClN4O2/c1-20(29(36)34-16-14-33(15-17-34)22-9-7-8-21(31)18-22)35-28(24-11-3-4-12-25(24)30(35)37)26-19-32(2)27-13-6-5-10-23(26)27/h3-13,18-20,28H,14-17H2,1-2H3. The van der Waals surface area contributed by atoms with Gasteiger partial charge in [0, 0.05) is 72.2 Å². The minimum absolute atomic E-state index is 0.0165. The van der Waals surface area contributed by atoms with Gasteiger partial charge in [-0.25, -0.2) is 0 Å². The number of benzene rings is 3. The van der Waals surface area contributed by atoms with Crippen LogP contribution in [0.25, 0.3) is 10.9 Å². The molecule has 0 saturated carbocycles. The zero-order valence-electron chi connectivity index (χ0n) is 21.0. The fourth-order valence-corrected chi connectivity index (χ4v) is 6.07. The number of amides is 2. The fourth-order valence-electron chi connectivity index (χ4n) is 5.89. The van der Waals surface area contributed by atoms with E-state index in [2.05, 4.69) is 27.8 Å². The first-order valence-corrected chi connectivity index (χ1v) is 13.1. The Balaban J connectivity index is 1.29. The number of aromatic nitrogens is 1. The number of aryl methyl sites for hydroxylation is 1. The van der Waals surface area contributed by atoms with E-state index in [0.29, 0.717) is 23.7 Å². The zero-order valence-corrected chi connectivity index (χ0v) is 21.7. The Kier molecular flexibility index (Phi) is 5.92. The third-order valence-electron chi connectivity index (χ3n) is 7.76. The van der Waals surface area contributed by atoms with E-state index in [1.165, 1.54) is 0 Å². The molecule has 0 radical (unpaired) electrons. The van der Waals surface area contributed by atoms with E-state index >= 15 is 0 Å². The smallest absolute Gasteiger partial charge is 0.255 e. The lowest BCUT2D eigenvalue weighted by Crippen LogP contribution is -2.55. The Morgan fingerprint density at radius 1 is 0.919 bits per heavy atom. The van der Waals surface area contributed by atoms with Crippen molar-refractivity contribution in [3.8, 4) is 0 Å². The van der Waals surface area contributed by atoms with Gasteiger partial charge in [0.15, 0.2) is 0 Å². The summed E-state index contributed by atoms with van der Waals surface area (Å²) < 4.78 is 2.09. The van der Waals surface area contributed by atoms with Crippen LogP contribution in [0, 0.1) is 0 Å². The van der Waals surface area contributed by atoms with Gasteiger partial charge in [0.1, 0.15) is 6.04 Å². The van der Waals surface area contributed by atoms with Crippen molar-refractivity contribution < 1.29 is 9.59 Å². The van der Waals surface area contributed by atoms with E-state index in [1.807, 2.05) is 79.5 Å². The van der Waals surface area contributed by atoms with Crippen LogP contribution in [-0.4, -0.2) is 58.4 Å². The first kappa shape index (κ1) is 23.6. The van der Waals surface area contributed by atoms with Crippen LogP contribution in [0.5, 0.6) is 0 Å². The minimum atomic E-state index is -0.596. The van der Waals surface area contributed by atoms with E-state index < -0.39 is 6.04 Å². The fraction of sp³-hybridized carbons (Fsp3) is 0.267. The van der Waals surface area contributed by atoms with Crippen LogP contribution >= 0.6 is 11.6 Å². The van der Waals surface area contributed by atoms with Gasteiger partial charge in [0.05, 0.1) is 6.04 Å². The maximum absolute atomic E-state index is 13.8. The summed E-state index contributed by atoms with van der Waals surface area (Å²) in [6.07, 6.45) is 2.10. The minimum Gasteiger partial charge on any atom is -0.368 e. The second-order valence-electron chi connectivity index (χ2n) is 9.88. The van der Waals surface area contributed by atoms with E-state index in [9.17, 15) is 9.59 Å². The van der Waals surface area contributed by atoms with Gasteiger partial charge in [-0.05, 0) is 42.8 Å². The van der Waals surface area contributed by atoms with Crippen molar-refractivity contribution in [3.05, 3.63) is 101 Å². The molecule has 7 heteroatoms. The van der Waals surface area contributed by atoms with E-state index in [1.54, 1.807) is 4.90 Å². The molecule has 37 heavy (non-hydrogen) atoms. The number of hydrogen-bond donors (Lipinski definition) is 0. The van der Waals surface area contributed by atoms with E-state index in [4.69, 9.17) is 11.6 Å². The van der Waals surface area contributed by atoms with Gasteiger partial charge in [0.2, 0.25) is 5.91 Å². The molecule has 3 aromatic carbocycles. The molecule has 2 amide bonds. The van der Waals surface area contributed by atoms with Crippen molar-refractivity contribution in [1.82, 2.24) is 14.4 Å². The summed E-state index contributed by atoms with van der Waals surface area (Å²) in [7, 11) is 2.02. The number of carbonyl (C=O) groups excluding carboxylic acids is 2. The Morgan fingerprint density at radius 3 is 2.43 bits per heavy atom. The predicted molar refractivity (Wildman–Crippen MR) is 147 cm³/mol. The number of anilines is 1. The molecule has 2 aliphatic heterocycles. The Bertz CT molecular complexity index is 1500. The van der Waals surface area contributed by atoms with E-state index in [-0.39, 0.29) is 17.9 Å². The molecule has 1 saturated heterocycles. The largest absolute Gasteiger partial charge is 0.368 e. The maximum Gasteiger partial charge on any atom is 0.255 e. The Hall–Kier alpha value is -3.77. The van der Waals surface area contributed by atoms with Crippen LogP contribution < -0.4 is 4.90 Å². The summed E-state index contributed by atoms with van der Waals surface area (Å²) in [6, 6.07) is 22.9. The summed E-state index contributed by atoms with van der Waals surface area (Å²) in [5.74, 6) is -0.107. The molecular formula is C30H29ClN4O2. The lowest BCUT2D eigenvalue weighted by molar-refractivity contribution is -0.136. The zero-order chi connectivity index (χ0) is 25.7. The second kappa shape index (κ2) is 9.27. The normalized spacial score (nSPS) is 18.4. The van der Waals surface area contributed by atoms with Gasteiger partial charge in [-0.15, -0.1) is 0 Å². The van der Waals surface area contributed by atoms with Crippen LogP contribution in [0.3, 0.4) is 0 Å². The monoisotopic (exact) mass is 512 g/mol. The maximum atomic E-state index is 13.8. The lowest BCUT2D eigenvalue weighted by Gasteiger charge is -2.39. The topological polar surface area (TPSA) is 48.8 Å². The first-order chi connectivity index (χ1) is 17.9. The van der Waals surface area contributed by atoms with E-state index in [0.717, 1.165) is 40.8 Å². The quantitative estimate of drug-likeness (QED) is 0.381. The number of carbonyl (C=O) groups is 2. The van der Waals surface area contributed by atoms with Crippen molar-refractivity contribution >= 4 is 40.0 Å². The molecule has 2 atom stereocenters. The van der Waals surface area contributed by atoms with Crippen LogP contribution in [0.15, 0.2) is 79.0 Å². The second-order valence-corrected chi connectivity index (χ2v) is 10.3. The molecule has 188 valence electrons. The number of hydrogen-bond acceptors (Lipinski definition) is 3. The van der Waals surface area contributed by atoms with Crippen LogP contribution in [-0.2, 0) is 11.8 Å². The molecule has 6 nitrogen and oxygen atoms in total. The summed E-state index contributed by atoms with van der Waals surface area (Å²) >= 11 is 6.18. The highest BCUT2D eigenvalue weighted by atomic mass is 35.5. The average Bonchev–Trinajstić information content (AvgIpc) is 3.41. The highest BCUT2D eigenvalue weighted by Gasteiger charge is 2.44. The summed E-state index contributed by atoms with van der Waals surface area (Å²) in [6.45, 7) is 4.51. The molecule has 0 aliphatic carbocycles. The number of rotatable bonds is 4. The van der Waals surface area contributed by atoms with Crippen LogP contribution in [0.4, 0.5) is 5.69 Å². The summed E-state index contributed by atoms with van der Waals surface area (Å²) in [5, 5.41) is 1.80. The predicted octanol–water partition coefficient (Wildman–Crippen LogP) is 5.11. The molecule has 1 fully saturated rings. The molecule has 2 aliphatic rings. The third-order valence-corrected chi connectivity index (χ3v) is 8.00. The summed E-state index contributed by atoms with van der Waals surface area (Å²) in [5.41, 5.74) is 4.83. The number of fused-ring (bicyclic) bond motifs is 2. The molecule has 6 rings (SSSR count). The van der Waals surface area contributed by atoms with Crippen LogP contribution in [0.2, 0.25) is 5.02 Å².